The highest BCUT2D eigenvalue weighted by Crippen LogP contribution is 2.08. The summed E-state index contributed by atoms with van der Waals surface area (Å²) in [7, 11) is 0. The molecule has 0 radical (unpaired) electrons. The Kier molecular flexibility index (Phi) is 6.82. The van der Waals surface area contributed by atoms with Gasteiger partial charge in [-0.2, -0.15) is 15.0 Å². The van der Waals surface area contributed by atoms with Gasteiger partial charge in [0.1, 0.15) is 5.82 Å². The molecule has 0 bridgehead atoms. The zero-order chi connectivity index (χ0) is 18.2. The summed E-state index contributed by atoms with van der Waals surface area (Å²) >= 11 is 0. The number of nitrogens with one attached hydrogen (secondary N) is 2. The highest BCUT2D eigenvalue weighted by molar-refractivity contribution is 5.88. The smallest absolute Gasteiger partial charge is 0.234 e. The Morgan fingerprint density at radius 1 is 1.12 bits per heavy atom. The van der Waals surface area contributed by atoms with E-state index in [2.05, 4.69) is 56.8 Å². The van der Waals surface area contributed by atoms with Crippen LogP contribution in [-0.2, 0) is 16.1 Å². The number of carbonyl (C=O) groups is 1. The number of hydrogen-bond donors (Lipinski definition) is 2. The number of amides is 1. The summed E-state index contributed by atoms with van der Waals surface area (Å²) in [5, 5.41) is 5.81. The van der Waals surface area contributed by atoms with Gasteiger partial charge in [-0.3, -0.25) is 10.1 Å². The van der Waals surface area contributed by atoms with E-state index in [1.54, 1.807) is 13.8 Å². The van der Waals surface area contributed by atoms with Crippen molar-refractivity contribution in [2.45, 2.75) is 46.8 Å². The first-order valence-corrected chi connectivity index (χ1v) is 8.38. The van der Waals surface area contributed by atoms with Crippen LogP contribution in [0.25, 0.3) is 0 Å². The van der Waals surface area contributed by atoms with Crippen molar-refractivity contribution in [1.82, 2.24) is 15.0 Å². The molecule has 1 atom stereocenters. The maximum absolute atomic E-state index is 11.5. The Bertz CT molecular complexity index is 703. The molecule has 2 aromatic rings. The standard InChI is InChI=1S/C18H25N5O2/c1-5-16(24)22-18-21-14(4)20-17(23-18)19-13(3)10-25-11-15-8-6-12(2)7-9-15/h6-9,13H,5,10-11H2,1-4H3,(H2,19,20,21,22,23,24). The van der Waals surface area contributed by atoms with Crippen LogP contribution in [0.2, 0.25) is 0 Å². The van der Waals surface area contributed by atoms with E-state index in [4.69, 9.17) is 4.74 Å². The van der Waals surface area contributed by atoms with Crippen molar-refractivity contribution in [3.63, 3.8) is 0 Å². The van der Waals surface area contributed by atoms with Crippen molar-refractivity contribution in [2.24, 2.45) is 0 Å². The molecule has 0 fully saturated rings. The van der Waals surface area contributed by atoms with Crippen LogP contribution in [0.3, 0.4) is 0 Å². The molecule has 1 amide bonds. The number of hydrogen-bond acceptors (Lipinski definition) is 6. The third-order valence-electron chi connectivity index (χ3n) is 3.45. The lowest BCUT2D eigenvalue weighted by Crippen LogP contribution is -2.24. The molecule has 0 spiro atoms. The van der Waals surface area contributed by atoms with Gasteiger partial charge in [0.15, 0.2) is 0 Å². The second-order valence-corrected chi connectivity index (χ2v) is 5.98. The van der Waals surface area contributed by atoms with Crippen LogP contribution >= 0.6 is 0 Å². The van der Waals surface area contributed by atoms with E-state index in [9.17, 15) is 4.79 Å². The van der Waals surface area contributed by atoms with Gasteiger partial charge in [-0.1, -0.05) is 36.8 Å². The molecular weight excluding hydrogens is 318 g/mol. The minimum Gasteiger partial charge on any atom is -0.375 e. The van der Waals surface area contributed by atoms with E-state index < -0.39 is 0 Å². The molecule has 1 aromatic heterocycles. The van der Waals surface area contributed by atoms with Crippen LogP contribution in [0.5, 0.6) is 0 Å². The second kappa shape index (κ2) is 9.08. The van der Waals surface area contributed by atoms with Gasteiger partial charge < -0.3 is 10.1 Å². The van der Waals surface area contributed by atoms with Crippen molar-refractivity contribution < 1.29 is 9.53 Å². The van der Waals surface area contributed by atoms with Crippen LogP contribution in [0.1, 0.15) is 37.2 Å². The molecule has 0 aliphatic rings. The minimum absolute atomic E-state index is 0.0157. The number of carbonyl (C=O) groups excluding carboxylic acids is 1. The van der Waals surface area contributed by atoms with Crippen LogP contribution in [0.4, 0.5) is 11.9 Å². The van der Waals surface area contributed by atoms with Crippen LogP contribution in [0.15, 0.2) is 24.3 Å². The lowest BCUT2D eigenvalue weighted by Gasteiger charge is -2.15. The fourth-order valence-corrected chi connectivity index (χ4v) is 2.12. The molecule has 25 heavy (non-hydrogen) atoms. The third-order valence-corrected chi connectivity index (χ3v) is 3.45. The Morgan fingerprint density at radius 2 is 1.80 bits per heavy atom. The highest BCUT2D eigenvalue weighted by Gasteiger charge is 2.09. The summed E-state index contributed by atoms with van der Waals surface area (Å²) in [4.78, 5) is 24.0. The summed E-state index contributed by atoms with van der Waals surface area (Å²) in [5.41, 5.74) is 2.37. The zero-order valence-corrected chi connectivity index (χ0v) is 15.2. The molecule has 0 aliphatic carbocycles. The molecule has 0 aliphatic heterocycles. The summed E-state index contributed by atoms with van der Waals surface area (Å²) in [5.74, 6) is 1.09. The number of aryl methyl sites for hydroxylation is 2. The van der Waals surface area contributed by atoms with Gasteiger partial charge in [-0.25, -0.2) is 0 Å². The normalized spacial score (nSPS) is 11.8. The largest absolute Gasteiger partial charge is 0.375 e. The molecule has 1 heterocycles. The average Bonchev–Trinajstić information content (AvgIpc) is 2.56. The van der Waals surface area contributed by atoms with Gasteiger partial charge in [0.05, 0.1) is 13.2 Å². The molecule has 134 valence electrons. The summed E-state index contributed by atoms with van der Waals surface area (Å²) in [6, 6.07) is 8.28. The number of aromatic nitrogens is 3. The Balaban J connectivity index is 1.85. The first kappa shape index (κ1) is 18.8. The number of nitrogens with zero attached hydrogens (tertiary/aromatic N) is 3. The maximum Gasteiger partial charge on any atom is 0.234 e. The van der Waals surface area contributed by atoms with Gasteiger partial charge in [0.25, 0.3) is 0 Å². The van der Waals surface area contributed by atoms with E-state index in [1.165, 1.54) is 5.56 Å². The average molecular weight is 343 g/mol. The maximum atomic E-state index is 11.5. The molecule has 7 heteroatoms. The fraction of sp³-hybridized carbons (Fsp3) is 0.444. The van der Waals surface area contributed by atoms with Crippen molar-refractivity contribution in [3.8, 4) is 0 Å². The fourth-order valence-electron chi connectivity index (χ4n) is 2.12. The van der Waals surface area contributed by atoms with E-state index >= 15 is 0 Å². The summed E-state index contributed by atoms with van der Waals surface area (Å²) in [6.45, 7) is 8.64. The van der Waals surface area contributed by atoms with Crippen LogP contribution < -0.4 is 10.6 Å². The molecule has 7 nitrogen and oxygen atoms in total. The zero-order valence-electron chi connectivity index (χ0n) is 15.2. The van der Waals surface area contributed by atoms with E-state index in [1.807, 2.05) is 6.92 Å². The number of benzene rings is 1. The molecule has 2 rings (SSSR count). The van der Waals surface area contributed by atoms with Crippen LogP contribution in [-0.4, -0.2) is 33.5 Å². The molecular formula is C18H25N5O2. The Morgan fingerprint density at radius 3 is 2.48 bits per heavy atom. The minimum atomic E-state index is -0.133. The predicted molar refractivity (Wildman–Crippen MR) is 97.4 cm³/mol. The molecule has 1 aromatic carbocycles. The number of anilines is 2. The Hall–Kier alpha value is -2.54. The first-order valence-electron chi connectivity index (χ1n) is 8.38. The number of rotatable bonds is 8. The Labute approximate surface area is 148 Å². The number of ether oxygens (including phenoxy) is 1. The lowest BCUT2D eigenvalue weighted by molar-refractivity contribution is -0.115. The molecule has 0 saturated carbocycles. The van der Waals surface area contributed by atoms with Crippen molar-refractivity contribution in [3.05, 3.63) is 41.2 Å². The first-order chi connectivity index (χ1) is 12.0. The van der Waals surface area contributed by atoms with E-state index in [0.29, 0.717) is 31.4 Å². The quantitative estimate of drug-likeness (QED) is 0.766. The summed E-state index contributed by atoms with van der Waals surface area (Å²) < 4.78 is 5.73. The second-order valence-electron chi connectivity index (χ2n) is 5.98. The third kappa shape index (κ3) is 6.46. The highest BCUT2D eigenvalue weighted by atomic mass is 16.5. The van der Waals surface area contributed by atoms with Crippen molar-refractivity contribution in [2.75, 3.05) is 17.2 Å². The van der Waals surface area contributed by atoms with Crippen LogP contribution in [0, 0.1) is 13.8 Å². The molecule has 2 N–H and O–H groups in total. The van der Waals surface area contributed by atoms with Gasteiger partial charge in [0.2, 0.25) is 17.8 Å². The molecule has 0 saturated heterocycles. The van der Waals surface area contributed by atoms with Gasteiger partial charge >= 0.3 is 0 Å². The van der Waals surface area contributed by atoms with Gasteiger partial charge in [-0.05, 0) is 26.3 Å². The van der Waals surface area contributed by atoms with Crippen molar-refractivity contribution in [1.29, 1.82) is 0 Å². The van der Waals surface area contributed by atoms with Crippen molar-refractivity contribution >= 4 is 17.8 Å². The summed E-state index contributed by atoms with van der Waals surface area (Å²) in [6.07, 6.45) is 0.372. The SMILES string of the molecule is CCC(=O)Nc1nc(C)nc(NC(C)COCc2ccc(C)cc2)n1. The van der Waals surface area contributed by atoms with E-state index in [0.717, 1.165) is 5.56 Å². The molecule has 1 unspecified atom stereocenters. The topological polar surface area (TPSA) is 89.0 Å². The predicted octanol–water partition coefficient (Wildman–Crippen LogP) is 2.85. The lowest BCUT2D eigenvalue weighted by atomic mass is 10.2. The van der Waals surface area contributed by atoms with E-state index in [-0.39, 0.29) is 17.9 Å². The monoisotopic (exact) mass is 343 g/mol. The van der Waals surface area contributed by atoms with Gasteiger partial charge in [0, 0.05) is 12.5 Å². The van der Waals surface area contributed by atoms with Gasteiger partial charge in [-0.15, -0.1) is 0 Å².